The minimum Gasteiger partial charge on any atom is -0.396 e. The molecule has 1 fully saturated rings. The fourth-order valence-electron chi connectivity index (χ4n) is 1.65. The quantitative estimate of drug-likeness (QED) is 0.855. The van der Waals surface area contributed by atoms with Crippen molar-refractivity contribution in [3.05, 3.63) is 28.8 Å². The van der Waals surface area contributed by atoms with E-state index in [9.17, 15) is 5.11 Å². The first-order valence-corrected chi connectivity index (χ1v) is 5.69. The Kier molecular flexibility index (Phi) is 3.53. The lowest BCUT2D eigenvalue weighted by atomic mass is 9.87. The number of nitrogens with one attached hydrogen (secondary N) is 1. The van der Waals surface area contributed by atoms with E-state index < -0.39 is 0 Å². The Balaban J connectivity index is 2.02. The van der Waals surface area contributed by atoms with Crippen LogP contribution in [-0.2, 0) is 4.74 Å². The van der Waals surface area contributed by atoms with Crippen LogP contribution in [0.2, 0.25) is 5.02 Å². The molecule has 1 heterocycles. The number of nitriles is 1. The lowest BCUT2D eigenvalue weighted by molar-refractivity contribution is -0.128. The maximum atomic E-state index is 9.27. The zero-order valence-electron chi connectivity index (χ0n) is 9.24. The molecule has 1 aromatic rings. The van der Waals surface area contributed by atoms with Gasteiger partial charge in [0.1, 0.15) is 6.07 Å². The van der Waals surface area contributed by atoms with E-state index in [1.807, 2.05) is 12.1 Å². The molecule has 90 valence electrons. The summed E-state index contributed by atoms with van der Waals surface area (Å²) in [6, 6.07) is 7.23. The van der Waals surface area contributed by atoms with Gasteiger partial charge in [0, 0.05) is 12.2 Å². The van der Waals surface area contributed by atoms with Crippen LogP contribution in [0.1, 0.15) is 5.56 Å². The predicted octanol–water partition coefficient (Wildman–Crippen LogP) is 1.63. The van der Waals surface area contributed by atoms with Crippen LogP contribution in [0, 0.1) is 16.7 Å². The second kappa shape index (κ2) is 4.92. The third kappa shape index (κ3) is 2.52. The molecule has 1 aromatic carbocycles. The monoisotopic (exact) mass is 252 g/mol. The van der Waals surface area contributed by atoms with Gasteiger partial charge in [-0.15, -0.1) is 0 Å². The van der Waals surface area contributed by atoms with Crippen LogP contribution >= 0.6 is 11.6 Å². The van der Waals surface area contributed by atoms with Crippen LogP contribution in [0.3, 0.4) is 0 Å². The molecule has 0 bridgehead atoms. The highest BCUT2D eigenvalue weighted by Crippen LogP contribution is 2.28. The van der Waals surface area contributed by atoms with Crippen LogP contribution in [0.5, 0.6) is 0 Å². The van der Waals surface area contributed by atoms with E-state index in [1.54, 1.807) is 12.1 Å². The summed E-state index contributed by atoms with van der Waals surface area (Å²) in [4.78, 5) is 0. The zero-order valence-corrected chi connectivity index (χ0v) is 10.00. The molecule has 1 aliphatic heterocycles. The Morgan fingerprint density at radius 1 is 1.53 bits per heavy atom. The van der Waals surface area contributed by atoms with Crippen molar-refractivity contribution in [3.8, 4) is 6.07 Å². The molecule has 0 aliphatic carbocycles. The normalized spacial score (nSPS) is 17.0. The molecule has 0 spiro atoms. The van der Waals surface area contributed by atoms with Crippen LogP contribution in [0.4, 0.5) is 5.69 Å². The lowest BCUT2D eigenvalue weighted by Gasteiger charge is -2.40. The topological polar surface area (TPSA) is 65.3 Å². The fourth-order valence-corrected chi connectivity index (χ4v) is 1.81. The van der Waals surface area contributed by atoms with Crippen molar-refractivity contribution in [2.24, 2.45) is 5.41 Å². The molecular formula is C12H13ClN2O2. The van der Waals surface area contributed by atoms with Crippen molar-refractivity contribution in [3.63, 3.8) is 0 Å². The van der Waals surface area contributed by atoms with E-state index in [-0.39, 0.29) is 12.0 Å². The molecule has 0 radical (unpaired) electrons. The van der Waals surface area contributed by atoms with Crippen LogP contribution in [0.25, 0.3) is 0 Å². The smallest absolute Gasteiger partial charge is 0.101 e. The molecule has 1 aliphatic rings. The fraction of sp³-hybridized carbons (Fsp3) is 0.417. The highest BCUT2D eigenvalue weighted by molar-refractivity contribution is 6.31. The molecule has 4 nitrogen and oxygen atoms in total. The summed E-state index contributed by atoms with van der Waals surface area (Å²) in [6.45, 7) is 1.85. The Hall–Kier alpha value is -1.28. The number of rotatable bonds is 4. The summed E-state index contributed by atoms with van der Waals surface area (Å²) < 4.78 is 5.11. The van der Waals surface area contributed by atoms with Gasteiger partial charge in [0.2, 0.25) is 0 Å². The Morgan fingerprint density at radius 2 is 2.29 bits per heavy atom. The molecule has 1 saturated heterocycles. The molecule has 0 saturated carbocycles. The van der Waals surface area contributed by atoms with Gasteiger partial charge in [-0.05, 0) is 18.2 Å². The van der Waals surface area contributed by atoms with Crippen molar-refractivity contribution in [2.45, 2.75) is 0 Å². The minimum atomic E-state index is -0.188. The minimum absolute atomic E-state index is 0.0959. The van der Waals surface area contributed by atoms with Gasteiger partial charge >= 0.3 is 0 Å². The number of hydrogen-bond donors (Lipinski definition) is 2. The summed E-state index contributed by atoms with van der Waals surface area (Å²) >= 11 is 5.84. The molecule has 0 aromatic heterocycles. The van der Waals surface area contributed by atoms with E-state index in [1.165, 1.54) is 0 Å². The lowest BCUT2D eigenvalue weighted by Crippen LogP contribution is -2.50. The van der Waals surface area contributed by atoms with Gasteiger partial charge in [-0.3, -0.25) is 0 Å². The van der Waals surface area contributed by atoms with Gasteiger partial charge < -0.3 is 15.2 Å². The molecular weight excluding hydrogens is 240 g/mol. The van der Waals surface area contributed by atoms with Gasteiger partial charge in [0.15, 0.2) is 0 Å². The molecule has 2 rings (SSSR count). The maximum Gasteiger partial charge on any atom is 0.101 e. The summed E-state index contributed by atoms with van der Waals surface area (Å²) in [6.07, 6.45) is 0. The van der Waals surface area contributed by atoms with E-state index in [0.717, 1.165) is 5.69 Å². The summed E-state index contributed by atoms with van der Waals surface area (Å²) in [5, 5.41) is 21.8. The van der Waals surface area contributed by atoms with Crippen molar-refractivity contribution >= 4 is 17.3 Å². The number of aliphatic hydroxyl groups is 1. The van der Waals surface area contributed by atoms with E-state index in [2.05, 4.69) is 5.32 Å². The van der Waals surface area contributed by atoms with Crippen molar-refractivity contribution in [1.29, 1.82) is 5.26 Å². The predicted molar refractivity (Wildman–Crippen MR) is 65.0 cm³/mol. The van der Waals surface area contributed by atoms with Crippen molar-refractivity contribution in [1.82, 2.24) is 0 Å². The summed E-state index contributed by atoms with van der Waals surface area (Å²) in [5.74, 6) is 0. The molecule has 0 amide bonds. The van der Waals surface area contributed by atoms with Crippen LogP contribution < -0.4 is 5.32 Å². The average molecular weight is 253 g/mol. The number of anilines is 1. The van der Waals surface area contributed by atoms with E-state index >= 15 is 0 Å². The third-order valence-electron chi connectivity index (χ3n) is 2.91. The Bertz CT molecular complexity index is 447. The van der Waals surface area contributed by atoms with Gasteiger partial charge in [0.05, 0.1) is 35.8 Å². The summed E-state index contributed by atoms with van der Waals surface area (Å²) in [5.41, 5.74) is 1.08. The maximum absolute atomic E-state index is 9.27. The molecule has 2 N–H and O–H groups in total. The molecule has 0 atom stereocenters. The van der Waals surface area contributed by atoms with E-state index in [0.29, 0.717) is 30.3 Å². The summed E-state index contributed by atoms with van der Waals surface area (Å²) in [7, 11) is 0. The number of aliphatic hydroxyl groups excluding tert-OH is 1. The second-order valence-corrected chi connectivity index (χ2v) is 4.72. The van der Waals surface area contributed by atoms with Gasteiger partial charge in [-0.1, -0.05) is 11.6 Å². The Labute approximate surface area is 105 Å². The number of hydrogen-bond acceptors (Lipinski definition) is 4. The average Bonchev–Trinajstić information content (AvgIpc) is 2.30. The van der Waals surface area contributed by atoms with Gasteiger partial charge in [-0.25, -0.2) is 0 Å². The largest absolute Gasteiger partial charge is 0.396 e. The zero-order chi connectivity index (χ0) is 12.3. The van der Waals surface area contributed by atoms with E-state index in [4.69, 9.17) is 21.6 Å². The molecule has 5 heteroatoms. The van der Waals surface area contributed by atoms with Gasteiger partial charge in [0.25, 0.3) is 0 Å². The van der Waals surface area contributed by atoms with Crippen LogP contribution in [0.15, 0.2) is 18.2 Å². The molecule has 17 heavy (non-hydrogen) atoms. The third-order valence-corrected chi connectivity index (χ3v) is 3.24. The highest BCUT2D eigenvalue weighted by atomic mass is 35.5. The number of nitrogens with zero attached hydrogens (tertiary/aromatic N) is 1. The second-order valence-electron chi connectivity index (χ2n) is 4.31. The van der Waals surface area contributed by atoms with Crippen LogP contribution in [-0.4, -0.2) is 31.5 Å². The SMILES string of the molecule is N#Cc1cc(NCC2(CO)COC2)ccc1Cl. The number of ether oxygens (including phenoxy) is 1. The number of benzene rings is 1. The van der Waals surface area contributed by atoms with Crippen molar-refractivity contribution in [2.75, 3.05) is 31.7 Å². The standard InChI is InChI=1S/C12H13ClN2O2/c13-11-2-1-10(3-9(11)4-14)15-5-12(6-16)7-17-8-12/h1-3,15-16H,5-8H2. The van der Waals surface area contributed by atoms with Crippen molar-refractivity contribution < 1.29 is 9.84 Å². The Morgan fingerprint density at radius 3 is 2.82 bits per heavy atom. The highest BCUT2D eigenvalue weighted by Gasteiger charge is 2.37. The van der Waals surface area contributed by atoms with Gasteiger partial charge in [-0.2, -0.15) is 5.26 Å². The first-order valence-electron chi connectivity index (χ1n) is 5.31. The number of halogens is 1. The first-order chi connectivity index (χ1) is 8.19. The molecule has 0 unspecified atom stereocenters. The first kappa shape index (κ1) is 12.2.